The molecule has 2 N–H and O–H groups in total. The quantitative estimate of drug-likeness (QED) is 0.867. The number of hydrogen-bond donors (Lipinski definition) is 1. The van der Waals surface area contributed by atoms with Crippen LogP contribution in [0.2, 0.25) is 0 Å². The van der Waals surface area contributed by atoms with Gasteiger partial charge in [0, 0.05) is 15.5 Å². The molecule has 0 aromatic heterocycles. The molecule has 1 atom stereocenters. The van der Waals surface area contributed by atoms with E-state index in [9.17, 15) is 4.79 Å². The lowest BCUT2D eigenvalue weighted by Gasteiger charge is -2.38. The standard InChI is InChI=1S/C12H14BrNO3/c1-12(2)6-16-9-4-3-7(13)5-8(9)10(12)17-11(14)15/h3-5,10H,6H2,1-2H3,(H2,14,15). The Morgan fingerprint density at radius 3 is 2.94 bits per heavy atom. The van der Waals surface area contributed by atoms with Crippen molar-refractivity contribution < 1.29 is 14.3 Å². The molecule has 1 aliphatic heterocycles. The Balaban J connectivity index is 2.46. The maximum absolute atomic E-state index is 11.0. The maximum Gasteiger partial charge on any atom is 0.405 e. The second kappa shape index (κ2) is 4.22. The van der Waals surface area contributed by atoms with Gasteiger partial charge in [0.05, 0.1) is 6.61 Å². The number of hydrogen-bond acceptors (Lipinski definition) is 3. The lowest BCUT2D eigenvalue weighted by Crippen LogP contribution is -2.37. The second-order valence-corrected chi connectivity index (χ2v) is 5.69. The number of carbonyl (C=O) groups is 1. The van der Waals surface area contributed by atoms with Gasteiger partial charge >= 0.3 is 6.09 Å². The molecule has 5 heteroatoms. The summed E-state index contributed by atoms with van der Waals surface area (Å²) >= 11 is 3.39. The Morgan fingerprint density at radius 2 is 2.29 bits per heavy atom. The van der Waals surface area contributed by atoms with E-state index in [1.807, 2.05) is 32.0 Å². The summed E-state index contributed by atoms with van der Waals surface area (Å²) in [5.41, 5.74) is 5.67. The molecular formula is C12H14BrNO3. The summed E-state index contributed by atoms with van der Waals surface area (Å²) in [6.07, 6.45) is -1.16. The Kier molecular flexibility index (Phi) is 3.03. The van der Waals surface area contributed by atoms with Gasteiger partial charge < -0.3 is 15.2 Å². The Labute approximate surface area is 108 Å². The van der Waals surface area contributed by atoms with Crippen molar-refractivity contribution in [3.63, 3.8) is 0 Å². The highest BCUT2D eigenvalue weighted by atomic mass is 79.9. The first kappa shape index (κ1) is 12.2. The number of primary amides is 1. The van der Waals surface area contributed by atoms with E-state index in [0.717, 1.165) is 15.8 Å². The number of halogens is 1. The molecular weight excluding hydrogens is 286 g/mol. The molecule has 0 spiro atoms. The third kappa shape index (κ3) is 2.39. The number of nitrogens with two attached hydrogens (primary N) is 1. The van der Waals surface area contributed by atoms with E-state index in [0.29, 0.717) is 6.61 Å². The van der Waals surface area contributed by atoms with Crippen molar-refractivity contribution >= 4 is 22.0 Å². The van der Waals surface area contributed by atoms with Gasteiger partial charge in [0.25, 0.3) is 0 Å². The van der Waals surface area contributed by atoms with Crippen LogP contribution >= 0.6 is 15.9 Å². The van der Waals surface area contributed by atoms with E-state index in [2.05, 4.69) is 15.9 Å². The summed E-state index contributed by atoms with van der Waals surface area (Å²) in [6.45, 7) is 4.44. The van der Waals surface area contributed by atoms with Crippen LogP contribution in [0.1, 0.15) is 25.5 Å². The average molecular weight is 300 g/mol. The fourth-order valence-electron chi connectivity index (χ4n) is 1.96. The zero-order valence-corrected chi connectivity index (χ0v) is 11.3. The molecule has 1 amide bonds. The predicted octanol–water partition coefficient (Wildman–Crippen LogP) is 3.00. The lowest BCUT2D eigenvalue weighted by atomic mass is 9.81. The van der Waals surface area contributed by atoms with Gasteiger partial charge in [-0.1, -0.05) is 29.8 Å². The van der Waals surface area contributed by atoms with Crippen LogP contribution in [-0.4, -0.2) is 12.7 Å². The minimum Gasteiger partial charge on any atom is -0.492 e. The van der Waals surface area contributed by atoms with Crippen LogP contribution in [0.15, 0.2) is 22.7 Å². The van der Waals surface area contributed by atoms with Crippen molar-refractivity contribution in [1.29, 1.82) is 0 Å². The van der Waals surface area contributed by atoms with Gasteiger partial charge in [-0.2, -0.15) is 0 Å². The number of ether oxygens (including phenoxy) is 2. The highest BCUT2D eigenvalue weighted by Crippen LogP contribution is 2.45. The number of benzene rings is 1. The highest BCUT2D eigenvalue weighted by Gasteiger charge is 2.40. The molecule has 4 nitrogen and oxygen atoms in total. The first-order chi connectivity index (χ1) is 7.90. The lowest BCUT2D eigenvalue weighted by molar-refractivity contribution is -0.0177. The van der Waals surface area contributed by atoms with E-state index < -0.39 is 6.09 Å². The number of rotatable bonds is 1. The van der Waals surface area contributed by atoms with E-state index in [4.69, 9.17) is 15.2 Å². The van der Waals surface area contributed by atoms with Crippen LogP contribution in [0.4, 0.5) is 4.79 Å². The molecule has 0 aliphatic carbocycles. The van der Waals surface area contributed by atoms with Crippen LogP contribution < -0.4 is 10.5 Å². The van der Waals surface area contributed by atoms with Crippen molar-refractivity contribution in [3.8, 4) is 5.75 Å². The van der Waals surface area contributed by atoms with Crippen molar-refractivity contribution in [3.05, 3.63) is 28.2 Å². The van der Waals surface area contributed by atoms with Gasteiger partial charge in [-0.15, -0.1) is 0 Å². The molecule has 0 radical (unpaired) electrons. The summed E-state index contributed by atoms with van der Waals surface area (Å²) in [4.78, 5) is 11.0. The fraction of sp³-hybridized carbons (Fsp3) is 0.417. The minimum atomic E-state index is -0.768. The molecule has 1 aromatic carbocycles. The van der Waals surface area contributed by atoms with E-state index >= 15 is 0 Å². The van der Waals surface area contributed by atoms with Crippen molar-refractivity contribution in [2.75, 3.05) is 6.61 Å². The van der Waals surface area contributed by atoms with Crippen molar-refractivity contribution in [1.82, 2.24) is 0 Å². The van der Waals surface area contributed by atoms with Gasteiger partial charge in [0.1, 0.15) is 11.9 Å². The topological polar surface area (TPSA) is 61.6 Å². The molecule has 2 rings (SSSR count). The van der Waals surface area contributed by atoms with Crippen LogP contribution in [0, 0.1) is 5.41 Å². The monoisotopic (exact) mass is 299 g/mol. The van der Waals surface area contributed by atoms with Gasteiger partial charge in [-0.3, -0.25) is 0 Å². The van der Waals surface area contributed by atoms with Crippen LogP contribution in [0.25, 0.3) is 0 Å². The molecule has 1 aliphatic rings. The summed E-state index contributed by atoms with van der Waals surface area (Å²) in [5, 5.41) is 0. The largest absolute Gasteiger partial charge is 0.492 e. The number of carbonyl (C=O) groups excluding carboxylic acids is 1. The summed E-state index contributed by atoms with van der Waals surface area (Å²) in [7, 11) is 0. The summed E-state index contributed by atoms with van der Waals surface area (Å²) < 4.78 is 11.8. The van der Waals surface area contributed by atoms with Gasteiger partial charge in [0.15, 0.2) is 0 Å². The molecule has 0 saturated heterocycles. The zero-order chi connectivity index (χ0) is 12.6. The third-order valence-electron chi connectivity index (χ3n) is 2.80. The summed E-state index contributed by atoms with van der Waals surface area (Å²) in [5.74, 6) is 0.735. The molecule has 0 bridgehead atoms. The molecule has 0 fully saturated rings. The van der Waals surface area contributed by atoms with Crippen LogP contribution in [0.5, 0.6) is 5.75 Å². The van der Waals surface area contributed by atoms with E-state index in [-0.39, 0.29) is 11.5 Å². The Bertz CT molecular complexity index is 459. The first-order valence-corrected chi connectivity index (χ1v) is 6.08. The van der Waals surface area contributed by atoms with E-state index in [1.54, 1.807) is 0 Å². The molecule has 1 aromatic rings. The molecule has 17 heavy (non-hydrogen) atoms. The zero-order valence-electron chi connectivity index (χ0n) is 9.70. The number of fused-ring (bicyclic) bond motifs is 1. The fourth-order valence-corrected chi connectivity index (χ4v) is 2.33. The second-order valence-electron chi connectivity index (χ2n) is 4.78. The minimum absolute atomic E-state index is 0.303. The van der Waals surface area contributed by atoms with Crippen molar-refractivity contribution in [2.24, 2.45) is 11.1 Å². The first-order valence-electron chi connectivity index (χ1n) is 5.28. The van der Waals surface area contributed by atoms with E-state index in [1.165, 1.54) is 0 Å². The Hall–Kier alpha value is -1.23. The van der Waals surface area contributed by atoms with Gasteiger partial charge in [-0.25, -0.2) is 4.79 Å². The van der Waals surface area contributed by atoms with Gasteiger partial charge in [-0.05, 0) is 18.2 Å². The summed E-state index contributed by atoms with van der Waals surface area (Å²) in [6, 6.07) is 5.63. The Morgan fingerprint density at radius 1 is 1.59 bits per heavy atom. The predicted molar refractivity (Wildman–Crippen MR) is 66.8 cm³/mol. The molecule has 92 valence electrons. The molecule has 1 heterocycles. The van der Waals surface area contributed by atoms with Crippen LogP contribution in [-0.2, 0) is 4.74 Å². The highest BCUT2D eigenvalue weighted by molar-refractivity contribution is 9.10. The smallest absolute Gasteiger partial charge is 0.405 e. The molecule has 1 unspecified atom stereocenters. The molecule has 0 saturated carbocycles. The van der Waals surface area contributed by atoms with Crippen molar-refractivity contribution in [2.45, 2.75) is 20.0 Å². The average Bonchev–Trinajstić information content (AvgIpc) is 2.22. The maximum atomic E-state index is 11.0. The SMILES string of the molecule is CC1(C)COc2ccc(Br)cc2C1OC(N)=O. The normalized spacial score (nSPS) is 21.2. The van der Waals surface area contributed by atoms with Gasteiger partial charge in [0.2, 0.25) is 0 Å². The van der Waals surface area contributed by atoms with Crippen LogP contribution in [0.3, 0.4) is 0 Å². The number of amides is 1. The third-order valence-corrected chi connectivity index (χ3v) is 3.29.